The summed E-state index contributed by atoms with van der Waals surface area (Å²) < 4.78 is 23.8. The molecule has 0 aromatic carbocycles. The van der Waals surface area contributed by atoms with Crippen molar-refractivity contribution in [3.8, 4) is 0 Å². The minimum atomic E-state index is -0.719. The van der Waals surface area contributed by atoms with Crippen molar-refractivity contribution in [1.29, 1.82) is 0 Å². The molecule has 0 aromatic heterocycles. The minimum absolute atomic E-state index is 0.0203. The molecule has 4 rings (SSSR count). The summed E-state index contributed by atoms with van der Waals surface area (Å²) in [4.78, 5) is 25.0. The van der Waals surface area contributed by atoms with Crippen molar-refractivity contribution in [3.05, 3.63) is 23.8 Å². The van der Waals surface area contributed by atoms with Gasteiger partial charge < -0.3 is 24.3 Å². The third-order valence-corrected chi connectivity index (χ3v) is 7.63. The average Bonchev–Trinajstić information content (AvgIpc) is 3.75. The highest BCUT2D eigenvalue weighted by Crippen LogP contribution is 2.57. The second-order valence-corrected chi connectivity index (χ2v) is 10.8. The fourth-order valence-electron chi connectivity index (χ4n) is 5.62. The van der Waals surface area contributed by atoms with Gasteiger partial charge in [0.2, 0.25) is 5.91 Å². The predicted molar refractivity (Wildman–Crippen MR) is 133 cm³/mol. The molecule has 1 aliphatic carbocycles. The Morgan fingerprint density at radius 1 is 1.09 bits per heavy atom. The summed E-state index contributed by atoms with van der Waals surface area (Å²) in [6, 6.07) is -0.321. The number of allylic oxidation sites excluding steroid dienone is 3. The van der Waals surface area contributed by atoms with Crippen LogP contribution in [0.3, 0.4) is 0 Å². The van der Waals surface area contributed by atoms with Crippen LogP contribution >= 0.6 is 0 Å². The van der Waals surface area contributed by atoms with E-state index in [0.29, 0.717) is 18.9 Å². The zero-order valence-electron chi connectivity index (χ0n) is 21.8. The number of Topliss-reactive ketones (excluding diaryl/α,β-unsaturated/α-hetero) is 1. The highest BCUT2D eigenvalue weighted by atomic mass is 16.7. The van der Waals surface area contributed by atoms with E-state index >= 15 is 0 Å². The Morgan fingerprint density at radius 2 is 1.77 bits per heavy atom. The first-order valence-electron chi connectivity index (χ1n) is 13.7. The Morgan fingerprint density at radius 3 is 2.46 bits per heavy atom. The number of nitrogens with one attached hydrogen (secondary N) is 1. The summed E-state index contributed by atoms with van der Waals surface area (Å²) in [6.45, 7) is 9.21. The van der Waals surface area contributed by atoms with Crippen LogP contribution < -0.4 is 5.32 Å². The van der Waals surface area contributed by atoms with Crippen molar-refractivity contribution < 1.29 is 28.5 Å². The number of amides is 1. The molecule has 3 aliphatic heterocycles. The van der Waals surface area contributed by atoms with Gasteiger partial charge in [0.1, 0.15) is 30.0 Å². The lowest BCUT2D eigenvalue weighted by molar-refractivity contribution is -0.186. The van der Waals surface area contributed by atoms with Crippen molar-refractivity contribution >= 4 is 11.7 Å². The lowest BCUT2D eigenvalue weighted by atomic mass is 9.81. The van der Waals surface area contributed by atoms with Crippen LogP contribution in [0.5, 0.6) is 0 Å². The van der Waals surface area contributed by atoms with E-state index in [2.05, 4.69) is 32.2 Å². The first-order valence-corrected chi connectivity index (χ1v) is 13.7. The van der Waals surface area contributed by atoms with Crippen molar-refractivity contribution in [2.24, 2.45) is 5.92 Å². The van der Waals surface area contributed by atoms with E-state index in [1.807, 2.05) is 13.0 Å². The number of fused-ring (bicyclic) bond motifs is 4. The Labute approximate surface area is 210 Å². The topological polar surface area (TPSA) is 89.7 Å². The molecule has 1 saturated carbocycles. The number of ether oxygens (including phenoxy) is 4. The summed E-state index contributed by atoms with van der Waals surface area (Å²) in [5.41, 5.74) is 0.368. The maximum absolute atomic E-state index is 12.8. The van der Waals surface area contributed by atoms with E-state index in [9.17, 15) is 9.59 Å². The molecule has 7 atom stereocenters. The molecule has 0 radical (unpaired) electrons. The van der Waals surface area contributed by atoms with Crippen LogP contribution in [-0.4, -0.2) is 60.6 Å². The third kappa shape index (κ3) is 6.24. The Bertz CT molecular complexity index is 802. The molecule has 3 heterocycles. The molecule has 7 unspecified atom stereocenters. The van der Waals surface area contributed by atoms with E-state index in [0.717, 1.165) is 24.8 Å². The Balaban J connectivity index is 1.33. The number of ketones is 1. The van der Waals surface area contributed by atoms with Crippen LogP contribution in [0, 0.1) is 5.92 Å². The van der Waals surface area contributed by atoms with Gasteiger partial charge in [0, 0.05) is 19.1 Å². The fourth-order valence-corrected chi connectivity index (χ4v) is 5.62. The zero-order valence-corrected chi connectivity index (χ0v) is 21.8. The van der Waals surface area contributed by atoms with Crippen LogP contribution in [0.25, 0.3) is 0 Å². The largest absolute Gasteiger partial charge is 0.358 e. The molecule has 7 nitrogen and oxygen atoms in total. The fraction of sp³-hybridized carbons (Fsp3) is 0.786. The third-order valence-electron chi connectivity index (χ3n) is 7.63. The highest BCUT2D eigenvalue weighted by Gasteiger charge is 2.79. The lowest BCUT2D eigenvalue weighted by Crippen LogP contribution is -2.49. The van der Waals surface area contributed by atoms with Gasteiger partial charge in [0.05, 0.1) is 6.04 Å². The van der Waals surface area contributed by atoms with Crippen molar-refractivity contribution in [3.63, 3.8) is 0 Å². The summed E-state index contributed by atoms with van der Waals surface area (Å²) in [7, 11) is 0. The van der Waals surface area contributed by atoms with Crippen molar-refractivity contribution in [2.45, 2.75) is 128 Å². The minimum Gasteiger partial charge on any atom is -0.358 e. The molecule has 4 aliphatic rings. The summed E-state index contributed by atoms with van der Waals surface area (Å²) >= 11 is 0. The van der Waals surface area contributed by atoms with Crippen molar-refractivity contribution in [2.75, 3.05) is 6.61 Å². The highest BCUT2D eigenvalue weighted by molar-refractivity contribution is 5.94. The molecular weight excluding hydrogens is 446 g/mol. The number of carbonyl (C=O) groups excluding carboxylic acids is 2. The number of rotatable bonds is 14. The van der Waals surface area contributed by atoms with E-state index < -0.39 is 24.1 Å². The van der Waals surface area contributed by atoms with Gasteiger partial charge in [-0.05, 0) is 25.7 Å². The molecular formula is C28H43NO6. The number of hydrogen-bond acceptors (Lipinski definition) is 6. The second-order valence-electron chi connectivity index (χ2n) is 10.8. The van der Waals surface area contributed by atoms with Gasteiger partial charge >= 0.3 is 0 Å². The van der Waals surface area contributed by atoms with Crippen LogP contribution in [0.15, 0.2) is 23.8 Å². The van der Waals surface area contributed by atoms with E-state index in [1.54, 1.807) is 6.08 Å². The monoisotopic (exact) mass is 489 g/mol. The second kappa shape index (κ2) is 11.7. The maximum atomic E-state index is 12.8. The van der Waals surface area contributed by atoms with Gasteiger partial charge in [-0.2, -0.15) is 0 Å². The quantitative estimate of drug-likeness (QED) is 0.168. The number of epoxide rings is 2. The smallest absolute Gasteiger partial charge is 0.244 e. The molecule has 4 fully saturated rings. The maximum Gasteiger partial charge on any atom is 0.244 e. The standard InChI is InChI=1S/C28H43NO6/c1-5-7-9-10-12-18(3)16-19(4)13-14-21(30)29-20-17-28(35-27(20)32-15-11-8-6-2)25-23(33-25)22(31)24-26(28)34-24/h13-14,16,18,20,23-27H,5-12,15,17H2,1-4H3,(H,29,30)/b14-13+,19-16-. The predicted octanol–water partition coefficient (Wildman–Crippen LogP) is 4.39. The molecule has 0 bridgehead atoms. The normalized spacial score (nSPS) is 36.3. The number of hydrogen-bond donors (Lipinski definition) is 1. The van der Waals surface area contributed by atoms with Gasteiger partial charge in [0.25, 0.3) is 0 Å². The van der Waals surface area contributed by atoms with Gasteiger partial charge in [-0.3, -0.25) is 9.59 Å². The molecule has 1 N–H and O–H groups in total. The van der Waals surface area contributed by atoms with Crippen LogP contribution in [0.1, 0.15) is 85.5 Å². The first-order chi connectivity index (χ1) is 16.9. The zero-order chi connectivity index (χ0) is 25.0. The SMILES string of the molecule is CCCCCCC(C)/C=C(C)\C=C\C(=O)NC1CC2(OC1OCCCCC)C1OC1C(=O)C1OC12. The van der Waals surface area contributed by atoms with E-state index in [1.165, 1.54) is 32.1 Å². The molecule has 196 valence electrons. The molecule has 0 aromatic rings. The van der Waals surface area contributed by atoms with Crippen molar-refractivity contribution in [1.82, 2.24) is 5.32 Å². The summed E-state index contributed by atoms with van der Waals surface area (Å²) in [5, 5.41) is 3.09. The molecule has 7 heteroatoms. The average molecular weight is 490 g/mol. The van der Waals surface area contributed by atoms with E-state index in [-0.39, 0.29) is 29.9 Å². The first kappa shape index (κ1) is 26.5. The van der Waals surface area contributed by atoms with Gasteiger partial charge in [-0.15, -0.1) is 0 Å². The number of unbranched alkanes of at least 4 members (excludes halogenated alkanes) is 5. The van der Waals surface area contributed by atoms with E-state index in [4.69, 9.17) is 18.9 Å². The Hall–Kier alpha value is -1.54. The molecule has 35 heavy (non-hydrogen) atoms. The van der Waals surface area contributed by atoms with Gasteiger partial charge in [0.15, 0.2) is 12.1 Å². The summed E-state index contributed by atoms with van der Waals surface area (Å²) in [5.74, 6) is 0.344. The van der Waals surface area contributed by atoms with Gasteiger partial charge in [-0.25, -0.2) is 0 Å². The van der Waals surface area contributed by atoms with Gasteiger partial charge in [-0.1, -0.05) is 77.0 Å². The lowest BCUT2D eigenvalue weighted by Gasteiger charge is -2.27. The van der Waals surface area contributed by atoms with Crippen LogP contribution in [0.2, 0.25) is 0 Å². The van der Waals surface area contributed by atoms with Crippen LogP contribution in [0.4, 0.5) is 0 Å². The number of carbonyl (C=O) groups is 2. The van der Waals surface area contributed by atoms with Crippen LogP contribution in [-0.2, 0) is 28.5 Å². The molecule has 3 saturated heterocycles. The molecule has 1 amide bonds. The summed E-state index contributed by atoms with van der Waals surface area (Å²) in [6.07, 6.45) is 13.5. The Kier molecular flexibility index (Phi) is 8.85. The molecule has 1 spiro atoms.